The molecule has 0 aliphatic heterocycles. The minimum absolute atomic E-state index is 1.15. The molecule has 0 aromatic heterocycles. The Morgan fingerprint density at radius 3 is 1.83 bits per heavy atom. The van der Waals surface area contributed by atoms with Crippen LogP contribution in [0.2, 0.25) is 0 Å². The second-order valence-corrected chi connectivity index (χ2v) is 9.12. The largest absolute Gasteiger partial charge is 0.0654 e. The highest BCUT2D eigenvalue weighted by Gasteiger charge is 2.27. The monoisotopic (exact) mass is 390 g/mol. The topological polar surface area (TPSA) is 0 Å². The summed E-state index contributed by atoms with van der Waals surface area (Å²) in [6.45, 7) is 9.41. The summed E-state index contributed by atoms with van der Waals surface area (Å²) in [5.74, 6) is 0. The maximum Gasteiger partial charge on any atom is -0.00106 e. The molecule has 0 fully saturated rings. The summed E-state index contributed by atoms with van der Waals surface area (Å²) in [6.07, 6.45) is 17.0. The highest BCUT2D eigenvalue weighted by Crippen LogP contribution is 2.45. The smallest absolute Gasteiger partial charge is 0.00106 e. The van der Waals surface area contributed by atoms with E-state index in [1.54, 1.807) is 38.9 Å². The molecule has 2 aromatic carbocycles. The maximum absolute atomic E-state index is 2.44. The van der Waals surface area contributed by atoms with Crippen molar-refractivity contribution in [1.82, 2.24) is 0 Å². The zero-order valence-electron chi connectivity index (χ0n) is 19.5. The number of benzene rings is 2. The third kappa shape index (κ3) is 4.96. The molecule has 3 rings (SSSR count). The lowest BCUT2D eigenvalue weighted by Gasteiger charge is -2.23. The molecule has 0 amide bonds. The second kappa shape index (κ2) is 11.0. The Balaban J connectivity index is 2.11. The molecule has 0 radical (unpaired) electrons. The Morgan fingerprint density at radius 2 is 1.21 bits per heavy atom. The van der Waals surface area contributed by atoms with Crippen molar-refractivity contribution in [3.63, 3.8) is 0 Å². The lowest BCUT2D eigenvalue weighted by molar-refractivity contribution is 0.676. The van der Waals surface area contributed by atoms with Gasteiger partial charge in [0.1, 0.15) is 0 Å². The van der Waals surface area contributed by atoms with Gasteiger partial charge in [0.15, 0.2) is 0 Å². The van der Waals surface area contributed by atoms with Gasteiger partial charge in [-0.1, -0.05) is 83.6 Å². The summed E-state index contributed by atoms with van der Waals surface area (Å²) in [4.78, 5) is 0. The van der Waals surface area contributed by atoms with Crippen molar-refractivity contribution in [2.24, 2.45) is 0 Å². The van der Waals surface area contributed by atoms with Crippen LogP contribution in [-0.4, -0.2) is 0 Å². The van der Waals surface area contributed by atoms with E-state index in [9.17, 15) is 0 Å². The zero-order valence-corrected chi connectivity index (χ0v) is 19.5. The van der Waals surface area contributed by atoms with Gasteiger partial charge in [0.05, 0.1) is 0 Å². The summed E-state index contributed by atoms with van der Waals surface area (Å²) in [5, 5.41) is 0. The van der Waals surface area contributed by atoms with Crippen molar-refractivity contribution >= 4 is 0 Å². The molecule has 0 atom stereocenters. The normalized spacial score (nSPS) is 12.3. The van der Waals surface area contributed by atoms with Crippen LogP contribution in [0.15, 0.2) is 24.3 Å². The quantitative estimate of drug-likeness (QED) is 0.271. The summed E-state index contributed by atoms with van der Waals surface area (Å²) < 4.78 is 0. The highest BCUT2D eigenvalue weighted by molar-refractivity contribution is 5.82. The maximum atomic E-state index is 2.44. The Morgan fingerprint density at radius 1 is 0.655 bits per heavy atom. The van der Waals surface area contributed by atoms with Crippen LogP contribution in [-0.2, 0) is 25.7 Å². The number of rotatable bonds is 12. The molecule has 0 unspecified atom stereocenters. The Kier molecular flexibility index (Phi) is 8.40. The molecule has 158 valence electrons. The highest BCUT2D eigenvalue weighted by atomic mass is 14.3. The molecule has 0 saturated heterocycles. The predicted molar refractivity (Wildman–Crippen MR) is 129 cm³/mol. The first-order valence-corrected chi connectivity index (χ1v) is 12.5. The van der Waals surface area contributed by atoms with Gasteiger partial charge in [0, 0.05) is 0 Å². The number of unbranched alkanes of at least 4 members (excludes halogenated alkanes) is 6. The van der Waals surface area contributed by atoms with Crippen LogP contribution in [0, 0.1) is 6.92 Å². The van der Waals surface area contributed by atoms with Crippen molar-refractivity contribution in [3.8, 4) is 11.1 Å². The van der Waals surface area contributed by atoms with E-state index in [0.29, 0.717) is 0 Å². The SMILES string of the molecule is CCCCCc1c(C)c2c(c(CCCCC)c1CCCCC)-c1ccccc1C2. The van der Waals surface area contributed by atoms with Gasteiger partial charge in [-0.3, -0.25) is 0 Å². The van der Waals surface area contributed by atoms with E-state index in [1.807, 2.05) is 0 Å². The van der Waals surface area contributed by atoms with Crippen LogP contribution in [0.1, 0.15) is 112 Å². The minimum atomic E-state index is 1.15. The van der Waals surface area contributed by atoms with Crippen LogP contribution in [0.25, 0.3) is 11.1 Å². The molecule has 0 nitrogen and oxygen atoms in total. The molecule has 0 spiro atoms. The van der Waals surface area contributed by atoms with E-state index in [4.69, 9.17) is 0 Å². The van der Waals surface area contributed by atoms with Crippen LogP contribution < -0.4 is 0 Å². The van der Waals surface area contributed by atoms with E-state index in [0.717, 1.165) is 6.42 Å². The first kappa shape index (κ1) is 22.1. The first-order valence-electron chi connectivity index (χ1n) is 12.5. The second-order valence-electron chi connectivity index (χ2n) is 9.12. The predicted octanol–water partition coefficient (Wildman–Crippen LogP) is 8.76. The van der Waals surface area contributed by atoms with E-state index in [2.05, 4.69) is 52.0 Å². The molecule has 0 heteroatoms. The molecular weight excluding hydrogens is 348 g/mol. The zero-order chi connectivity index (χ0) is 20.6. The van der Waals surface area contributed by atoms with Crippen molar-refractivity contribution < 1.29 is 0 Å². The number of hydrogen-bond donors (Lipinski definition) is 0. The summed E-state index contributed by atoms with van der Waals surface area (Å²) in [5.41, 5.74) is 13.2. The third-order valence-corrected chi connectivity index (χ3v) is 6.98. The van der Waals surface area contributed by atoms with Crippen molar-refractivity contribution in [1.29, 1.82) is 0 Å². The number of fused-ring (bicyclic) bond motifs is 3. The molecule has 0 saturated carbocycles. The lowest BCUT2D eigenvalue weighted by Crippen LogP contribution is -2.09. The molecule has 29 heavy (non-hydrogen) atoms. The number of hydrogen-bond acceptors (Lipinski definition) is 0. The molecular formula is C29H42. The molecule has 0 N–H and O–H groups in total. The fourth-order valence-electron chi connectivity index (χ4n) is 5.34. The fraction of sp³-hybridized carbons (Fsp3) is 0.586. The van der Waals surface area contributed by atoms with Crippen LogP contribution in [0.3, 0.4) is 0 Å². The standard InChI is InChI=1S/C29H42/c1-5-8-11-17-24-22(4)28-21-23-16-14-15-18-25(23)29(28)27(20-13-10-7-3)26(24)19-12-9-6-2/h14-16,18H,5-13,17,19-21H2,1-4H3. The first-order chi connectivity index (χ1) is 14.2. The van der Waals surface area contributed by atoms with Gasteiger partial charge in [-0.2, -0.15) is 0 Å². The van der Waals surface area contributed by atoms with Crippen LogP contribution >= 0.6 is 0 Å². The molecule has 2 aromatic rings. The minimum Gasteiger partial charge on any atom is -0.0654 e. The summed E-state index contributed by atoms with van der Waals surface area (Å²) >= 11 is 0. The van der Waals surface area contributed by atoms with Gasteiger partial charge in [-0.15, -0.1) is 0 Å². The van der Waals surface area contributed by atoms with Crippen LogP contribution in [0.5, 0.6) is 0 Å². The molecule has 0 heterocycles. The van der Waals surface area contributed by atoms with E-state index in [-0.39, 0.29) is 0 Å². The Labute approximate surface area is 180 Å². The van der Waals surface area contributed by atoms with Gasteiger partial charge in [0.2, 0.25) is 0 Å². The van der Waals surface area contributed by atoms with Crippen molar-refractivity contribution in [2.45, 2.75) is 111 Å². The summed E-state index contributed by atoms with van der Waals surface area (Å²) in [6, 6.07) is 9.21. The van der Waals surface area contributed by atoms with E-state index < -0.39 is 0 Å². The van der Waals surface area contributed by atoms with Gasteiger partial charge < -0.3 is 0 Å². The molecule has 1 aliphatic carbocycles. The van der Waals surface area contributed by atoms with Gasteiger partial charge in [-0.05, 0) is 96.4 Å². The van der Waals surface area contributed by atoms with E-state index in [1.165, 1.54) is 82.6 Å². The fourth-order valence-corrected chi connectivity index (χ4v) is 5.34. The average molecular weight is 391 g/mol. The van der Waals surface area contributed by atoms with Gasteiger partial charge in [0.25, 0.3) is 0 Å². The molecule has 0 bridgehead atoms. The average Bonchev–Trinajstić information content (AvgIpc) is 3.12. The van der Waals surface area contributed by atoms with E-state index >= 15 is 0 Å². The third-order valence-electron chi connectivity index (χ3n) is 6.98. The Bertz CT molecular complexity index is 796. The van der Waals surface area contributed by atoms with Gasteiger partial charge >= 0.3 is 0 Å². The lowest BCUT2D eigenvalue weighted by atomic mass is 9.81. The van der Waals surface area contributed by atoms with Crippen molar-refractivity contribution in [3.05, 3.63) is 57.6 Å². The molecule has 1 aliphatic rings. The van der Waals surface area contributed by atoms with Gasteiger partial charge in [-0.25, -0.2) is 0 Å². The Hall–Kier alpha value is -1.56. The van der Waals surface area contributed by atoms with Crippen molar-refractivity contribution in [2.75, 3.05) is 0 Å². The summed E-state index contributed by atoms with van der Waals surface area (Å²) in [7, 11) is 0. The van der Waals surface area contributed by atoms with Crippen LogP contribution in [0.4, 0.5) is 0 Å².